The minimum Gasteiger partial charge on any atom is -0.308 e. The first-order valence-corrected chi connectivity index (χ1v) is 8.11. The van der Waals surface area contributed by atoms with Crippen molar-refractivity contribution in [2.45, 2.75) is 59.5 Å². The molecule has 0 radical (unpaired) electrons. The highest BCUT2D eigenvalue weighted by Gasteiger charge is 2.09. The molecule has 0 aliphatic carbocycles. The molecule has 0 aromatic heterocycles. The molecule has 2 atom stereocenters. The zero-order valence-corrected chi connectivity index (χ0v) is 13.9. The Morgan fingerprint density at radius 3 is 2.20 bits per heavy atom. The Kier molecular flexibility index (Phi) is 7.86. The maximum absolute atomic E-state index is 3.71. The number of aryl methyl sites for hydroxylation is 1. The fourth-order valence-corrected chi connectivity index (χ4v) is 2.62. The van der Waals surface area contributed by atoms with E-state index < -0.39 is 0 Å². The predicted molar refractivity (Wildman–Crippen MR) is 89.2 cm³/mol. The summed E-state index contributed by atoms with van der Waals surface area (Å²) < 4.78 is 0. The van der Waals surface area contributed by atoms with Crippen molar-refractivity contribution in [1.82, 2.24) is 10.2 Å². The van der Waals surface area contributed by atoms with E-state index in [1.54, 1.807) is 0 Å². The Labute approximate surface area is 125 Å². The molecule has 0 aliphatic heterocycles. The Hall–Kier alpha value is -0.860. The lowest BCUT2D eigenvalue weighted by Gasteiger charge is -2.22. The maximum Gasteiger partial charge on any atom is 0.0294 e. The Bertz CT molecular complexity index is 354. The maximum atomic E-state index is 3.71. The monoisotopic (exact) mass is 276 g/mol. The van der Waals surface area contributed by atoms with E-state index >= 15 is 0 Å². The highest BCUT2D eigenvalue weighted by atomic mass is 15.1. The van der Waals surface area contributed by atoms with Gasteiger partial charge in [-0.15, -0.1) is 0 Å². The van der Waals surface area contributed by atoms with Crippen LogP contribution in [0.2, 0.25) is 0 Å². The van der Waals surface area contributed by atoms with Crippen LogP contribution in [0.25, 0.3) is 0 Å². The third-order valence-corrected chi connectivity index (χ3v) is 4.12. The van der Waals surface area contributed by atoms with Gasteiger partial charge in [-0.3, -0.25) is 0 Å². The highest BCUT2D eigenvalue weighted by molar-refractivity contribution is 5.23. The number of hydrogen-bond acceptors (Lipinski definition) is 2. The molecule has 2 unspecified atom stereocenters. The topological polar surface area (TPSA) is 15.3 Å². The molecule has 114 valence electrons. The van der Waals surface area contributed by atoms with Crippen LogP contribution in [-0.4, -0.2) is 30.6 Å². The van der Waals surface area contributed by atoms with Crippen LogP contribution >= 0.6 is 0 Å². The van der Waals surface area contributed by atoms with Crippen molar-refractivity contribution in [2.75, 3.05) is 19.6 Å². The summed E-state index contributed by atoms with van der Waals surface area (Å²) in [6.07, 6.45) is 2.52. The molecular weight excluding hydrogens is 244 g/mol. The zero-order chi connectivity index (χ0) is 15.0. The molecule has 1 aromatic carbocycles. The summed E-state index contributed by atoms with van der Waals surface area (Å²) in [6, 6.07) is 9.85. The van der Waals surface area contributed by atoms with Crippen molar-refractivity contribution in [3.8, 4) is 0 Å². The molecule has 0 saturated carbocycles. The Balaban J connectivity index is 2.31. The molecule has 2 nitrogen and oxygen atoms in total. The first kappa shape index (κ1) is 17.2. The first-order valence-electron chi connectivity index (χ1n) is 8.11. The molecule has 0 amide bonds. The van der Waals surface area contributed by atoms with Crippen molar-refractivity contribution in [3.63, 3.8) is 0 Å². The standard InChI is InChI=1S/C18H32N2/c1-6-20(7-2)14-8-9-16(4)19-17(5)18-12-10-15(3)11-13-18/h10-13,16-17,19H,6-9,14H2,1-5H3. The molecular formula is C18H32N2. The normalized spacial score (nSPS) is 14.5. The van der Waals surface area contributed by atoms with Gasteiger partial charge in [-0.1, -0.05) is 43.7 Å². The van der Waals surface area contributed by atoms with E-state index in [4.69, 9.17) is 0 Å². The van der Waals surface area contributed by atoms with Gasteiger partial charge < -0.3 is 10.2 Å². The van der Waals surface area contributed by atoms with Crippen LogP contribution in [-0.2, 0) is 0 Å². The SMILES string of the molecule is CCN(CC)CCCC(C)NC(C)c1ccc(C)cc1. The van der Waals surface area contributed by atoms with E-state index in [9.17, 15) is 0 Å². The van der Waals surface area contributed by atoms with Crippen molar-refractivity contribution in [3.05, 3.63) is 35.4 Å². The average molecular weight is 276 g/mol. The van der Waals surface area contributed by atoms with Gasteiger partial charge in [0, 0.05) is 12.1 Å². The molecule has 1 N–H and O–H groups in total. The lowest BCUT2D eigenvalue weighted by molar-refractivity contribution is 0.288. The molecule has 20 heavy (non-hydrogen) atoms. The number of benzene rings is 1. The molecule has 0 heterocycles. The van der Waals surface area contributed by atoms with Crippen molar-refractivity contribution in [2.24, 2.45) is 0 Å². The van der Waals surface area contributed by atoms with Crippen LogP contribution in [0.5, 0.6) is 0 Å². The van der Waals surface area contributed by atoms with Crippen LogP contribution in [0.1, 0.15) is 57.7 Å². The number of rotatable bonds is 9. The lowest BCUT2D eigenvalue weighted by atomic mass is 10.0. The van der Waals surface area contributed by atoms with Gasteiger partial charge in [-0.05, 0) is 58.8 Å². The zero-order valence-electron chi connectivity index (χ0n) is 13.9. The summed E-state index contributed by atoms with van der Waals surface area (Å²) >= 11 is 0. The third-order valence-electron chi connectivity index (χ3n) is 4.12. The Morgan fingerprint density at radius 1 is 1.05 bits per heavy atom. The average Bonchev–Trinajstić information content (AvgIpc) is 2.44. The van der Waals surface area contributed by atoms with E-state index in [-0.39, 0.29) is 0 Å². The van der Waals surface area contributed by atoms with Crippen LogP contribution in [0.15, 0.2) is 24.3 Å². The fourth-order valence-electron chi connectivity index (χ4n) is 2.62. The molecule has 0 bridgehead atoms. The summed E-state index contributed by atoms with van der Waals surface area (Å²) in [5, 5.41) is 3.71. The number of hydrogen-bond donors (Lipinski definition) is 1. The van der Waals surface area contributed by atoms with Gasteiger partial charge in [-0.2, -0.15) is 0 Å². The van der Waals surface area contributed by atoms with E-state index in [1.807, 2.05) is 0 Å². The van der Waals surface area contributed by atoms with E-state index in [1.165, 1.54) is 30.5 Å². The van der Waals surface area contributed by atoms with Crippen molar-refractivity contribution < 1.29 is 0 Å². The Morgan fingerprint density at radius 2 is 1.65 bits per heavy atom. The second kappa shape index (κ2) is 9.15. The van der Waals surface area contributed by atoms with Gasteiger partial charge >= 0.3 is 0 Å². The minimum atomic E-state index is 0.430. The molecule has 1 aromatic rings. The predicted octanol–water partition coefficient (Wildman–Crippen LogP) is 4.16. The largest absolute Gasteiger partial charge is 0.308 e. The second-order valence-corrected chi connectivity index (χ2v) is 5.87. The summed E-state index contributed by atoms with van der Waals surface area (Å²) in [7, 11) is 0. The fraction of sp³-hybridized carbons (Fsp3) is 0.667. The molecule has 0 fully saturated rings. The van der Waals surface area contributed by atoms with Crippen LogP contribution in [0.3, 0.4) is 0 Å². The summed E-state index contributed by atoms with van der Waals surface area (Å²) in [5.74, 6) is 0. The molecule has 2 heteroatoms. The summed E-state index contributed by atoms with van der Waals surface area (Å²) in [6.45, 7) is 14.7. The van der Waals surface area contributed by atoms with E-state index in [0.29, 0.717) is 12.1 Å². The van der Waals surface area contributed by atoms with Gasteiger partial charge in [0.05, 0.1) is 0 Å². The lowest BCUT2D eigenvalue weighted by Crippen LogP contribution is -2.30. The van der Waals surface area contributed by atoms with Gasteiger partial charge in [0.25, 0.3) is 0 Å². The van der Waals surface area contributed by atoms with Crippen LogP contribution in [0, 0.1) is 6.92 Å². The van der Waals surface area contributed by atoms with Crippen LogP contribution < -0.4 is 5.32 Å². The third kappa shape index (κ3) is 6.06. The molecule has 1 rings (SSSR count). The highest BCUT2D eigenvalue weighted by Crippen LogP contribution is 2.14. The summed E-state index contributed by atoms with van der Waals surface area (Å²) in [4.78, 5) is 2.50. The summed E-state index contributed by atoms with van der Waals surface area (Å²) in [5.41, 5.74) is 2.71. The van der Waals surface area contributed by atoms with Gasteiger partial charge in [0.1, 0.15) is 0 Å². The van der Waals surface area contributed by atoms with Gasteiger partial charge in [-0.25, -0.2) is 0 Å². The minimum absolute atomic E-state index is 0.430. The smallest absolute Gasteiger partial charge is 0.0294 e. The van der Waals surface area contributed by atoms with Crippen molar-refractivity contribution in [1.29, 1.82) is 0 Å². The first-order chi connectivity index (χ1) is 9.56. The molecule has 0 aliphatic rings. The quantitative estimate of drug-likeness (QED) is 0.728. The van der Waals surface area contributed by atoms with Crippen LogP contribution in [0.4, 0.5) is 0 Å². The van der Waals surface area contributed by atoms with Crippen molar-refractivity contribution >= 4 is 0 Å². The number of nitrogens with one attached hydrogen (secondary N) is 1. The number of nitrogens with zero attached hydrogens (tertiary/aromatic N) is 1. The van der Waals surface area contributed by atoms with E-state index in [0.717, 1.165) is 13.1 Å². The van der Waals surface area contributed by atoms with Gasteiger partial charge in [0.15, 0.2) is 0 Å². The second-order valence-electron chi connectivity index (χ2n) is 5.87. The van der Waals surface area contributed by atoms with E-state index in [2.05, 4.69) is 69.1 Å². The van der Waals surface area contributed by atoms with Gasteiger partial charge in [0.2, 0.25) is 0 Å². The molecule has 0 saturated heterocycles. The molecule has 0 spiro atoms.